The van der Waals surface area contributed by atoms with E-state index in [0.717, 1.165) is 0 Å². The van der Waals surface area contributed by atoms with Gasteiger partial charge in [-0.15, -0.1) is 0 Å². The second-order valence-corrected chi connectivity index (χ2v) is 10.2. The van der Waals surface area contributed by atoms with Crippen molar-refractivity contribution in [1.29, 1.82) is 0 Å². The Morgan fingerprint density at radius 2 is 1.00 bits per heavy atom. The first-order valence-electron chi connectivity index (χ1n) is 9.94. The van der Waals surface area contributed by atoms with Crippen LogP contribution < -0.4 is 0 Å². The minimum Gasteiger partial charge on any atom is -0.418 e. The molecule has 0 aliphatic carbocycles. The number of benzene rings is 4. The molecule has 0 saturated carbocycles. The molecule has 1 heterocycles. The van der Waals surface area contributed by atoms with E-state index in [1.54, 1.807) is 0 Å². The second-order valence-electron chi connectivity index (χ2n) is 7.19. The van der Waals surface area contributed by atoms with Crippen molar-refractivity contribution >= 4 is 29.9 Å². The van der Waals surface area contributed by atoms with Crippen molar-refractivity contribution in [3.05, 3.63) is 103 Å². The van der Waals surface area contributed by atoms with Crippen molar-refractivity contribution in [2.75, 3.05) is 0 Å². The monoisotopic (exact) mass is 470 g/mol. The third-order valence-electron chi connectivity index (χ3n) is 4.83. The van der Waals surface area contributed by atoms with E-state index in [0.29, 0.717) is 0 Å². The Morgan fingerprint density at radius 1 is 0.594 bits per heavy atom. The molecule has 5 rings (SSSR count). The van der Waals surface area contributed by atoms with Gasteiger partial charge in [0.1, 0.15) is 10.9 Å². The Balaban J connectivity index is 0.000000444. The first-order valence-corrected chi connectivity index (χ1v) is 12.0. The van der Waals surface area contributed by atoms with Gasteiger partial charge in [0.2, 0.25) is 0 Å². The van der Waals surface area contributed by atoms with Crippen LogP contribution in [0.1, 0.15) is 5.56 Å². The molecule has 0 bridgehead atoms. The quantitative estimate of drug-likeness (QED) is 0.142. The van der Waals surface area contributed by atoms with Crippen molar-refractivity contribution in [2.24, 2.45) is 0 Å². The number of rotatable bonds is 2. The molecule has 0 fully saturated rings. The standard InChI is InChI=1S/C25H19S2.BF4/c1-18-10-12-19(13-11-18)20-14-16-21(17-15-20)27-24-8-4-2-6-22(24)26-23-7-3-5-9-25(23)27;2-1(3,4)5/h2-17H,1H3;/q+1;-1. The third kappa shape index (κ3) is 5.40. The summed E-state index contributed by atoms with van der Waals surface area (Å²) < 4.78 is 39.0. The lowest BCUT2D eigenvalue weighted by Crippen LogP contribution is -2.10. The maximum atomic E-state index is 9.75. The highest BCUT2D eigenvalue weighted by Gasteiger charge is 2.37. The van der Waals surface area contributed by atoms with E-state index >= 15 is 0 Å². The summed E-state index contributed by atoms with van der Waals surface area (Å²) in [5, 5.41) is 0. The fourth-order valence-electron chi connectivity index (χ4n) is 3.43. The normalized spacial score (nSPS) is 12.9. The molecule has 4 aromatic carbocycles. The first kappa shape index (κ1) is 22.6. The van der Waals surface area contributed by atoms with Crippen molar-refractivity contribution in [1.82, 2.24) is 0 Å². The topological polar surface area (TPSA) is 0 Å². The van der Waals surface area contributed by atoms with Gasteiger partial charge in [0.05, 0.1) is 9.79 Å². The van der Waals surface area contributed by atoms with Gasteiger partial charge in [-0.05, 0) is 66.6 Å². The largest absolute Gasteiger partial charge is 0.673 e. The van der Waals surface area contributed by atoms with Gasteiger partial charge in [-0.1, -0.05) is 65.9 Å². The molecule has 0 radical (unpaired) electrons. The van der Waals surface area contributed by atoms with Crippen LogP contribution in [0.4, 0.5) is 17.3 Å². The summed E-state index contributed by atoms with van der Waals surface area (Å²) in [4.78, 5) is 7.00. The van der Waals surface area contributed by atoms with Crippen molar-refractivity contribution in [3.63, 3.8) is 0 Å². The average Bonchev–Trinajstić information content (AvgIpc) is 2.77. The van der Waals surface area contributed by atoms with Crippen molar-refractivity contribution in [2.45, 2.75) is 31.4 Å². The lowest BCUT2D eigenvalue weighted by Gasteiger charge is -2.18. The molecule has 0 saturated heterocycles. The molecule has 4 aromatic rings. The highest BCUT2D eigenvalue weighted by molar-refractivity contribution is 8.04. The van der Waals surface area contributed by atoms with Crippen molar-refractivity contribution < 1.29 is 17.3 Å². The van der Waals surface area contributed by atoms with Crippen LogP contribution in [0, 0.1) is 6.92 Å². The average molecular weight is 470 g/mol. The fraction of sp³-hybridized carbons (Fsp3) is 0.0400. The zero-order valence-electron chi connectivity index (χ0n) is 17.1. The molecule has 7 heteroatoms. The number of aryl methyl sites for hydroxylation is 1. The summed E-state index contributed by atoms with van der Waals surface area (Å²) in [5.41, 5.74) is 3.84. The zero-order valence-corrected chi connectivity index (χ0v) is 18.8. The number of hydrogen-bond acceptors (Lipinski definition) is 1. The number of halogens is 4. The molecule has 0 nitrogen and oxygen atoms in total. The van der Waals surface area contributed by atoms with E-state index < -0.39 is 7.25 Å². The predicted molar refractivity (Wildman–Crippen MR) is 126 cm³/mol. The van der Waals surface area contributed by atoms with Gasteiger partial charge >= 0.3 is 7.25 Å². The number of fused-ring (bicyclic) bond motifs is 2. The molecule has 1 aliphatic rings. The van der Waals surface area contributed by atoms with E-state index in [2.05, 4.69) is 104 Å². The van der Waals surface area contributed by atoms with Gasteiger partial charge < -0.3 is 17.3 Å². The van der Waals surface area contributed by atoms with Crippen LogP contribution in [0.15, 0.2) is 122 Å². The SMILES string of the molecule is Cc1ccc(-c2ccc([S+]3c4ccccc4Sc4ccccc43)cc2)cc1.F[B-](F)(F)F. The van der Waals surface area contributed by atoms with Crippen LogP contribution in [-0.4, -0.2) is 7.25 Å². The van der Waals surface area contributed by atoms with Gasteiger partial charge in [0.25, 0.3) is 0 Å². The Bertz CT molecular complexity index is 1150. The fourth-order valence-corrected chi connectivity index (χ4v) is 7.16. The molecule has 0 spiro atoms. The predicted octanol–water partition coefficient (Wildman–Crippen LogP) is 8.52. The van der Waals surface area contributed by atoms with Gasteiger partial charge in [-0.2, -0.15) is 0 Å². The van der Waals surface area contributed by atoms with E-state index in [1.165, 1.54) is 41.2 Å². The molecule has 0 unspecified atom stereocenters. The van der Waals surface area contributed by atoms with Gasteiger partial charge in [-0.25, -0.2) is 0 Å². The van der Waals surface area contributed by atoms with Crippen molar-refractivity contribution in [3.8, 4) is 11.1 Å². The van der Waals surface area contributed by atoms with Crippen LogP contribution in [0.2, 0.25) is 0 Å². The highest BCUT2D eigenvalue weighted by atomic mass is 32.2. The summed E-state index contributed by atoms with van der Waals surface area (Å²) in [6.45, 7) is 2.13. The zero-order chi connectivity index (χ0) is 22.7. The molecule has 162 valence electrons. The van der Waals surface area contributed by atoms with Crippen LogP contribution in [-0.2, 0) is 10.9 Å². The summed E-state index contributed by atoms with van der Waals surface area (Å²) in [7, 11) is -6.05. The minimum absolute atomic E-state index is 0.0471. The summed E-state index contributed by atoms with van der Waals surface area (Å²) in [6, 6.07) is 35.6. The van der Waals surface area contributed by atoms with Gasteiger partial charge in [0.15, 0.2) is 14.7 Å². The molecule has 0 aromatic heterocycles. The molecular formula is C25H19BF4S2. The van der Waals surface area contributed by atoms with E-state index in [1.807, 2.05) is 11.8 Å². The Kier molecular flexibility index (Phi) is 6.67. The number of hydrogen-bond donors (Lipinski definition) is 0. The minimum atomic E-state index is -6.00. The molecule has 32 heavy (non-hydrogen) atoms. The molecule has 0 atom stereocenters. The molecule has 0 amide bonds. The van der Waals surface area contributed by atoms with Gasteiger partial charge in [-0.3, -0.25) is 0 Å². The molecule has 0 N–H and O–H groups in total. The van der Waals surface area contributed by atoms with Crippen LogP contribution in [0.25, 0.3) is 11.1 Å². The Hall–Kier alpha value is -2.64. The maximum Gasteiger partial charge on any atom is 0.673 e. The first-order chi connectivity index (χ1) is 15.3. The summed E-state index contributed by atoms with van der Waals surface area (Å²) in [5.74, 6) is 0. The van der Waals surface area contributed by atoms with Crippen LogP contribution in [0.5, 0.6) is 0 Å². The Labute approximate surface area is 192 Å². The second kappa shape index (κ2) is 9.47. The summed E-state index contributed by atoms with van der Waals surface area (Å²) in [6.07, 6.45) is 0. The van der Waals surface area contributed by atoms with E-state index in [9.17, 15) is 17.3 Å². The lowest BCUT2D eigenvalue weighted by atomic mass is 10.0. The highest BCUT2D eigenvalue weighted by Crippen LogP contribution is 2.48. The smallest absolute Gasteiger partial charge is 0.418 e. The third-order valence-corrected chi connectivity index (χ3v) is 8.58. The van der Waals surface area contributed by atoms with E-state index in [4.69, 9.17) is 0 Å². The van der Waals surface area contributed by atoms with E-state index in [-0.39, 0.29) is 10.9 Å². The maximum absolute atomic E-state index is 9.75. The molecule has 1 aliphatic heterocycles. The lowest BCUT2D eigenvalue weighted by molar-refractivity contribution is 0.368. The van der Waals surface area contributed by atoms with Gasteiger partial charge in [0, 0.05) is 0 Å². The molecular weight excluding hydrogens is 451 g/mol. The van der Waals surface area contributed by atoms with Crippen LogP contribution in [0.3, 0.4) is 0 Å². The summed E-state index contributed by atoms with van der Waals surface area (Å²) >= 11 is 1.89. The van der Waals surface area contributed by atoms with Crippen LogP contribution >= 0.6 is 11.8 Å². The Morgan fingerprint density at radius 3 is 1.47 bits per heavy atom.